The number of nitrogens with one attached hydrogen (secondary N) is 2. The summed E-state index contributed by atoms with van der Waals surface area (Å²) in [6.07, 6.45) is 0. The van der Waals surface area contributed by atoms with E-state index >= 15 is 0 Å². The van der Waals surface area contributed by atoms with Gasteiger partial charge in [0.25, 0.3) is 5.56 Å². The number of aromatic amines is 1. The number of carboxylic acids is 1. The third kappa shape index (κ3) is 2.71. The second-order valence-corrected chi connectivity index (χ2v) is 4.57. The van der Waals surface area contributed by atoms with E-state index < -0.39 is 36.2 Å². The van der Waals surface area contributed by atoms with E-state index in [1.165, 1.54) is 0 Å². The highest BCUT2D eigenvalue weighted by Crippen LogP contribution is 2.11. The van der Waals surface area contributed by atoms with Crippen LogP contribution in [-0.4, -0.2) is 33.1 Å². The van der Waals surface area contributed by atoms with E-state index in [2.05, 4.69) is 10.3 Å². The Bertz CT molecular complexity index is 756. The summed E-state index contributed by atoms with van der Waals surface area (Å²) >= 11 is 1.15. The van der Waals surface area contributed by atoms with E-state index in [9.17, 15) is 19.2 Å². The number of carbonyl (C=O) groups excluding carboxylic acids is 1. The highest BCUT2D eigenvalue weighted by atomic mass is 32.1. The largest absolute Gasteiger partial charge is 0.480 e. The molecule has 0 aliphatic carbocycles. The number of amides is 1. The summed E-state index contributed by atoms with van der Waals surface area (Å²) in [4.78, 5) is 47.7. The minimum atomic E-state index is -1.21. The Balaban J connectivity index is 2.30. The van der Waals surface area contributed by atoms with Crippen LogP contribution in [0.2, 0.25) is 0 Å². The lowest BCUT2D eigenvalue weighted by Gasteiger charge is -2.04. The first-order valence-electron chi connectivity index (χ1n) is 5.18. The number of carboxylic acid groups (broad SMARTS) is 1. The quantitative estimate of drug-likeness (QED) is 0.661. The van der Waals surface area contributed by atoms with Crippen molar-refractivity contribution < 1.29 is 14.7 Å². The van der Waals surface area contributed by atoms with Crippen molar-refractivity contribution in [3.05, 3.63) is 32.3 Å². The van der Waals surface area contributed by atoms with Gasteiger partial charge in [0, 0.05) is 0 Å². The number of hydrogen-bond donors (Lipinski definition) is 3. The van der Waals surface area contributed by atoms with Crippen molar-refractivity contribution in [2.24, 2.45) is 0 Å². The molecule has 0 aliphatic heterocycles. The maximum absolute atomic E-state index is 11.9. The lowest BCUT2D eigenvalue weighted by Crippen LogP contribution is -2.41. The van der Waals surface area contributed by atoms with Gasteiger partial charge in [-0.15, -0.1) is 11.3 Å². The number of rotatable bonds is 4. The number of aliphatic carboxylic acids is 1. The first kappa shape index (κ1) is 13.0. The van der Waals surface area contributed by atoms with Crippen LogP contribution in [0, 0.1) is 0 Å². The van der Waals surface area contributed by atoms with Gasteiger partial charge in [0.15, 0.2) is 0 Å². The zero-order chi connectivity index (χ0) is 14.0. The van der Waals surface area contributed by atoms with Crippen molar-refractivity contribution in [3.8, 4) is 0 Å². The van der Waals surface area contributed by atoms with Crippen LogP contribution in [0.25, 0.3) is 10.2 Å². The maximum atomic E-state index is 11.9. The first-order valence-corrected chi connectivity index (χ1v) is 6.06. The molecule has 2 aromatic rings. The molecule has 19 heavy (non-hydrogen) atoms. The molecular formula is C10H9N3O5S. The highest BCUT2D eigenvalue weighted by Gasteiger charge is 2.12. The predicted molar refractivity (Wildman–Crippen MR) is 67.4 cm³/mol. The van der Waals surface area contributed by atoms with Crippen molar-refractivity contribution in [2.75, 3.05) is 6.54 Å². The van der Waals surface area contributed by atoms with Crippen LogP contribution >= 0.6 is 11.3 Å². The number of hydrogen-bond acceptors (Lipinski definition) is 5. The summed E-state index contributed by atoms with van der Waals surface area (Å²) in [5.41, 5.74) is -0.859. The minimum Gasteiger partial charge on any atom is -0.480 e. The standard InChI is InChI=1S/C10H9N3O5S/c14-6(11-3-7(15)16)4-13-9(17)8-5(1-2-19-8)12-10(13)18/h1-2H,3-4H2,(H,11,14)(H,12,18)(H,15,16). The Hall–Kier alpha value is -2.42. The van der Waals surface area contributed by atoms with Gasteiger partial charge in [0.2, 0.25) is 5.91 Å². The van der Waals surface area contributed by atoms with Crippen LogP contribution < -0.4 is 16.6 Å². The molecule has 8 nitrogen and oxygen atoms in total. The Kier molecular flexibility index (Phi) is 3.47. The second-order valence-electron chi connectivity index (χ2n) is 3.66. The molecule has 2 rings (SSSR count). The zero-order valence-corrected chi connectivity index (χ0v) is 10.3. The Morgan fingerprint density at radius 2 is 2.16 bits per heavy atom. The molecule has 0 aromatic carbocycles. The van der Waals surface area contributed by atoms with Crippen molar-refractivity contribution >= 4 is 33.4 Å². The molecule has 0 bridgehead atoms. The third-order valence-electron chi connectivity index (χ3n) is 2.33. The third-order valence-corrected chi connectivity index (χ3v) is 3.23. The van der Waals surface area contributed by atoms with Gasteiger partial charge in [-0.2, -0.15) is 0 Å². The molecule has 9 heteroatoms. The van der Waals surface area contributed by atoms with E-state index in [0.717, 1.165) is 15.9 Å². The zero-order valence-electron chi connectivity index (χ0n) is 9.50. The number of H-pyrrole nitrogens is 1. The van der Waals surface area contributed by atoms with E-state index in [-0.39, 0.29) is 0 Å². The average Bonchev–Trinajstić information content (AvgIpc) is 2.80. The number of carbonyl (C=O) groups is 2. The van der Waals surface area contributed by atoms with Gasteiger partial charge in [-0.05, 0) is 11.4 Å². The summed E-state index contributed by atoms with van der Waals surface area (Å²) in [5.74, 6) is -1.92. The summed E-state index contributed by atoms with van der Waals surface area (Å²) in [5, 5.41) is 12.1. The molecule has 0 radical (unpaired) electrons. The van der Waals surface area contributed by atoms with E-state index in [0.29, 0.717) is 10.2 Å². The van der Waals surface area contributed by atoms with Crippen molar-refractivity contribution in [2.45, 2.75) is 6.54 Å². The van der Waals surface area contributed by atoms with Gasteiger partial charge in [-0.3, -0.25) is 14.4 Å². The summed E-state index contributed by atoms with van der Waals surface area (Å²) < 4.78 is 1.07. The molecule has 2 heterocycles. The molecular weight excluding hydrogens is 274 g/mol. The lowest BCUT2D eigenvalue weighted by atomic mass is 10.4. The number of nitrogens with zero attached hydrogens (tertiary/aromatic N) is 1. The molecule has 0 saturated heterocycles. The monoisotopic (exact) mass is 283 g/mol. The van der Waals surface area contributed by atoms with Crippen LogP contribution in [0.5, 0.6) is 0 Å². The highest BCUT2D eigenvalue weighted by molar-refractivity contribution is 7.17. The summed E-state index contributed by atoms with van der Waals surface area (Å²) in [6, 6.07) is 1.59. The van der Waals surface area contributed by atoms with Gasteiger partial charge < -0.3 is 15.4 Å². The van der Waals surface area contributed by atoms with Crippen LogP contribution in [0.4, 0.5) is 0 Å². The van der Waals surface area contributed by atoms with Gasteiger partial charge in [-0.1, -0.05) is 0 Å². The van der Waals surface area contributed by atoms with Gasteiger partial charge in [0.1, 0.15) is 17.8 Å². The molecule has 1 amide bonds. The number of aromatic nitrogens is 2. The van der Waals surface area contributed by atoms with Crippen LogP contribution in [-0.2, 0) is 16.1 Å². The smallest absolute Gasteiger partial charge is 0.329 e. The minimum absolute atomic E-state index is 0.339. The van der Waals surface area contributed by atoms with Gasteiger partial charge >= 0.3 is 11.7 Å². The van der Waals surface area contributed by atoms with Gasteiger partial charge in [0.05, 0.1) is 5.52 Å². The van der Waals surface area contributed by atoms with E-state index in [4.69, 9.17) is 5.11 Å². The number of fused-ring (bicyclic) bond motifs is 1. The van der Waals surface area contributed by atoms with E-state index in [1.54, 1.807) is 11.4 Å². The molecule has 0 saturated carbocycles. The topological polar surface area (TPSA) is 121 Å². The normalized spacial score (nSPS) is 10.5. The Morgan fingerprint density at radius 1 is 1.42 bits per heavy atom. The number of thiophene rings is 1. The Morgan fingerprint density at radius 3 is 2.84 bits per heavy atom. The fraction of sp³-hybridized carbons (Fsp3) is 0.200. The molecule has 0 aliphatic rings. The van der Waals surface area contributed by atoms with Crippen molar-refractivity contribution in [1.82, 2.24) is 14.9 Å². The summed E-state index contributed by atoms with van der Waals surface area (Å²) in [6.45, 7) is -1.08. The second kappa shape index (κ2) is 5.06. The SMILES string of the molecule is O=C(O)CNC(=O)Cn1c(=O)[nH]c2ccsc2c1=O. The molecule has 3 N–H and O–H groups in total. The average molecular weight is 283 g/mol. The van der Waals surface area contributed by atoms with Crippen LogP contribution in [0.3, 0.4) is 0 Å². The molecule has 100 valence electrons. The molecule has 0 fully saturated rings. The summed E-state index contributed by atoms with van der Waals surface area (Å²) in [7, 11) is 0. The fourth-order valence-corrected chi connectivity index (χ4v) is 2.29. The van der Waals surface area contributed by atoms with E-state index in [1.807, 2.05) is 0 Å². The molecule has 2 aromatic heterocycles. The lowest BCUT2D eigenvalue weighted by molar-refractivity contribution is -0.138. The van der Waals surface area contributed by atoms with Crippen LogP contribution in [0.15, 0.2) is 21.0 Å². The fourth-order valence-electron chi connectivity index (χ4n) is 1.49. The van der Waals surface area contributed by atoms with Crippen molar-refractivity contribution in [3.63, 3.8) is 0 Å². The first-order chi connectivity index (χ1) is 8.99. The maximum Gasteiger partial charge on any atom is 0.329 e. The molecule has 0 unspecified atom stereocenters. The molecule has 0 spiro atoms. The Labute approximate surface area is 109 Å². The predicted octanol–water partition coefficient (Wildman–Crippen LogP) is -1.05. The molecule has 0 atom stereocenters. The van der Waals surface area contributed by atoms with Gasteiger partial charge in [-0.25, -0.2) is 9.36 Å². The van der Waals surface area contributed by atoms with Crippen LogP contribution in [0.1, 0.15) is 0 Å². The van der Waals surface area contributed by atoms with Crippen molar-refractivity contribution in [1.29, 1.82) is 0 Å².